The summed E-state index contributed by atoms with van der Waals surface area (Å²) in [5.74, 6) is 0.458. The van der Waals surface area contributed by atoms with E-state index in [9.17, 15) is 8.42 Å². The van der Waals surface area contributed by atoms with Crippen LogP contribution in [0.1, 0.15) is 30.9 Å². The van der Waals surface area contributed by atoms with E-state index in [2.05, 4.69) is 11.6 Å². The Labute approximate surface area is 200 Å². The van der Waals surface area contributed by atoms with Gasteiger partial charge in [-0.3, -0.25) is 4.72 Å². The number of aryl methyl sites for hydroxylation is 1. The van der Waals surface area contributed by atoms with Gasteiger partial charge in [0.25, 0.3) is 10.0 Å². The molecule has 0 atom stereocenters. The molecule has 0 spiro atoms. The topological polar surface area (TPSA) is 64.0 Å². The number of para-hydroxylation sites is 1. The highest BCUT2D eigenvalue weighted by molar-refractivity contribution is 7.92. The maximum Gasteiger partial charge on any atom is 0.263 e. The van der Waals surface area contributed by atoms with E-state index in [1.165, 1.54) is 0 Å². The second-order valence-corrected chi connectivity index (χ2v) is 10.1. The van der Waals surface area contributed by atoms with Gasteiger partial charge in [0.1, 0.15) is 5.82 Å². The lowest BCUT2D eigenvalue weighted by atomic mass is 10.0. The van der Waals surface area contributed by atoms with Crippen LogP contribution in [-0.2, 0) is 16.4 Å². The predicted octanol–water partition coefficient (Wildman–Crippen LogP) is 6.64. The molecule has 0 saturated heterocycles. The number of nitrogens with zero attached hydrogens (tertiary/aromatic N) is 2. The first-order valence-electron chi connectivity index (χ1n) is 10.9. The molecule has 4 rings (SSSR count). The molecule has 3 aromatic carbocycles. The molecule has 0 aliphatic carbocycles. The number of anilines is 1. The fourth-order valence-electron chi connectivity index (χ4n) is 3.64. The van der Waals surface area contributed by atoms with Gasteiger partial charge in [0.2, 0.25) is 0 Å². The van der Waals surface area contributed by atoms with Gasteiger partial charge in [-0.25, -0.2) is 13.1 Å². The van der Waals surface area contributed by atoms with E-state index in [1.54, 1.807) is 28.9 Å². The van der Waals surface area contributed by atoms with E-state index in [-0.39, 0.29) is 4.90 Å². The standard InChI is InChI=1S/C26H26ClN3O2S/c1-3-4-10-24-25(20-13-15-21(27)16-14-20)28-30(22-8-6-5-7-9-22)26(24)29-33(31,32)23-17-11-19(2)12-18-23/h5-9,11-18,29H,3-4,10H2,1-2H3. The van der Waals surface area contributed by atoms with Crippen LogP contribution in [0.2, 0.25) is 5.02 Å². The second kappa shape index (κ2) is 9.81. The minimum Gasteiger partial charge on any atom is -0.263 e. The van der Waals surface area contributed by atoms with E-state index >= 15 is 0 Å². The zero-order valence-electron chi connectivity index (χ0n) is 18.6. The smallest absolute Gasteiger partial charge is 0.263 e. The van der Waals surface area contributed by atoms with Crippen LogP contribution in [0, 0.1) is 6.92 Å². The van der Waals surface area contributed by atoms with Gasteiger partial charge >= 0.3 is 0 Å². The molecule has 1 aromatic heterocycles. The number of aromatic nitrogens is 2. The van der Waals surface area contributed by atoms with Crippen LogP contribution < -0.4 is 4.72 Å². The summed E-state index contributed by atoms with van der Waals surface area (Å²) in [6.45, 7) is 4.04. The number of nitrogens with one attached hydrogen (secondary N) is 1. The van der Waals surface area contributed by atoms with Gasteiger partial charge in [-0.15, -0.1) is 0 Å². The van der Waals surface area contributed by atoms with Crippen LogP contribution in [0.4, 0.5) is 5.82 Å². The molecular weight excluding hydrogens is 454 g/mol. The van der Waals surface area contributed by atoms with Crippen LogP contribution in [0.15, 0.2) is 83.8 Å². The lowest BCUT2D eigenvalue weighted by molar-refractivity contribution is 0.600. The third-order valence-corrected chi connectivity index (χ3v) is 7.05. The maximum absolute atomic E-state index is 13.3. The van der Waals surface area contributed by atoms with Crippen molar-refractivity contribution in [1.82, 2.24) is 9.78 Å². The molecule has 0 aliphatic rings. The minimum atomic E-state index is -3.82. The van der Waals surface area contributed by atoms with Gasteiger partial charge in [0.05, 0.1) is 16.3 Å². The molecule has 4 aromatic rings. The minimum absolute atomic E-state index is 0.211. The van der Waals surface area contributed by atoms with Crippen molar-refractivity contribution < 1.29 is 8.42 Å². The first kappa shape index (κ1) is 23.1. The monoisotopic (exact) mass is 479 g/mol. The number of halogens is 1. The Morgan fingerprint density at radius 2 is 1.61 bits per heavy atom. The number of unbranched alkanes of at least 4 members (excludes halogenated alkanes) is 1. The quantitative estimate of drug-likeness (QED) is 0.308. The average Bonchev–Trinajstić information content (AvgIpc) is 3.16. The van der Waals surface area contributed by atoms with Crippen LogP contribution in [0.5, 0.6) is 0 Å². The molecular formula is C26H26ClN3O2S. The van der Waals surface area contributed by atoms with Crippen molar-refractivity contribution >= 4 is 27.4 Å². The highest BCUT2D eigenvalue weighted by atomic mass is 35.5. The van der Waals surface area contributed by atoms with Crippen molar-refractivity contribution in [3.8, 4) is 16.9 Å². The summed E-state index contributed by atoms with van der Waals surface area (Å²) in [6, 6.07) is 23.8. The SMILES string of the molecule is CCCCc1c(-c2ccc(Cl)cc2)nn(-c2ccccc2)c1NS(=O)(=O)c1ccc(C)cc1. The summed E-state index contributed by atoms with van der Waals surface area (Å²) in [7, 11) is -3.82. The van der Waals surface area contributed by atoms with E-state index in [1.807, 2.05) is 61.5 Å². The highest BCUT2D eigenvalue weighted by Gasteiger charge is 2.24. The number of hydrogen-bond donors (Lipinski definition) is 1. The molecule has 0 bridgehead atoms. The Hall–Kier alpha value is -3.09. The lowest BCUT2D eigenvalue weighted by Crippen LogP contribution is -2.17. The van der Waals surface area contributed by atoms with Crippen LogP contribution >= 0.6 is 11.6 Å². The third kappa shape index (κ3) is 5.13. The van der Waals surface area contributed by atoms with Crippen LogP contribution in [0.3, 0.4) is 0 Å². The first-order valence-corrected chi connectivity index (χ1v) is 12.8. The molecule has 33 heavy (non-hydrogen) atoms. The van der Waals surface area contributed by atoms with Crippen molar-refractivity contribution in [1.29, 1.82) is 0 Å². The molecule has 1 heterocycles. The molecule has 0 fully saturated rings. The summed E-state index contributed by atoms with van der Waals surface area (Å²) in [6.07, 6.45) is 2.56. The van der Waals surface area contributed by atoms with Gasteiger partial charge in [0.15, 0.2) is 0 Å². The van der Waals surface area contributed by atoms with Crippen LogP contribution in [-0.4, -0.2) is 18.2 Å². The lowest BCUT2D eigenvalue weighted by Gasteiger charge is -2.13. The van der Waals surface area contributed by atoms with Crippen LogP contribution in [0.25, 0.3) is 16.9 Å². The Balaban J connectivity index is 1.90. The average molecular weight is 480 g/mol. The van der Waals surface area contributed by atoms with Crippen molar-refractivity contribution in [3.63, 3.8) is 0 Å². The zero-order chi connectivity index (χ0) is 23.4. The Morgan fingerprint density at radius 3 is 2.24 bits per heavy atom. The largest absolute Gasteiger partial charge is 0.263 e. The molecule has 7 heteroatoms. The summed E-state index contributed by atoms with van der Waals surface area (Å²) < 4.78 is 31.2. The Kier molecular flexibility index (Phi) is 6.86. The van der Waals surface area contributed by atoms with E-state index in [0.29, 0.717) is 17.3 Å². The molecule has 0 saturated carbocycles. The Bertz CT molecular complexity index is 1330. The van der Waals surface area contributed by atoms with Gasteiger partial charge in [-0.1, -0.05) is 73.0 Å². The molecule has 0 amide bonds. The molecule has 170 valence electrons. The Morgan fingerprint density at radius 1 is 0.939 bits per heavy atom. The summed E-state index contributed by atoms with van der Waals surface area (Å²) in [4.78, 5) is 0.211. The summed E-state index contributed by atoms with van der Waals surface area (Å²) in [5, 5.41) is 5.51. The normalized spacial score (nSPS) is 11.5. The van der Waals surface area contributed by atoms with Gasteiger partial charge < -0.3 is 0 Å². The molecule has 0 unspecified atom stereocenters. The van der Waals surface area contributed by atoms with Crippen molar-refractivity contribution in [2.75, 3.05) is 4.72 Å². The number of benzene rings is 3. The number of hydrogen-bond acceptors (Lipinski definition) is 3. The first-order chi connectivity index (χ1) is 15.9. The molecule has 0 radical (unpaired) electrons. The molecule has 1 N–H and O–H groups in total. The van der Waals surface area contributed by atoms with Gasteiger partial charge in [0, 0.05) is 16.1 Å². The maximum atomic E-state index is 13.3. The highest BCUT2D eigenvalue weighted by Crippen LogP contribution is 2.34. The van der Waals surface area contributed by atoms with Gasteiger partial charge in [-0.05, 0) is 56.2 Å². The zero-order valence-corrected chi connectivity index (χ0v) is 20.2. The van der Waals surface area contributed by atoms with E-state index in [4.69, 9.17) is 16.7 Å². The fourth-order valence-corrected chi connectivity index (χ4v) is 4.85. The number of rotatable bonds is 8. The van der Waals surface area contributed by atoms with E-state index < -0.39 is 10.0 Å². The summed E-state index contributed by atoms with van der Waals surface area (Å²) >= 11 is 6.10. The van der Waals surface area contributed by atoms with Crippen molar-refractivity contribution in [2.45, 2.75) is 38.0 Å². The summed E-state index contributed by atoms with van der Waals surface area (Å²) in [5.41, 5.74) is 4.26. The predicted molar refractivity (Wildman–Crippen MR) is 135 cm³/mol. The van der Waals surface area contributed by atoms with Crippen molar-refractivity contribution in [2.24, 2.45) is 0 Å². The third-order valence-electron chi connectivity index (χ3n) is 5.44. The van der Waals surface area contributed by atoms with Gasteiger partial charge in [-0.2, -0.15) is 5.10 Å². The van der Waals surface area contributed by atoms with E-state index in [0.717, 1.165) is 40.9 Å². The van der Waals surface area contributed by atoms with Crippen molar-refractivity contribution in [3.05, 3.63) is 95.0 Å². The molecule has 5 nitrogen and oxygen atoms in total. The number of sulfonamides is 1. The fraction of sp³-hybridized carbons (Fsp3) is 0.192. The second-order valence-electron chi connectivity index (χ2n) is 7.95. The molecule has 0 aliphatic heterocycles.